The predicted molar refractivity (Wildman–Crippen MR) is 105 cm³/mol. The molecule has 140 valence electrons. The molecule has 1 aromatic carbocycles. The van der Waals surface area contributed by atoms with Crippen LogP contribution in [0.4, 0.5) is 0 Å². The Hall–Kier alpha value is -3.00. The van der Waals surface area contributed by atoms with E-state index < -0.39 is 0 Å². The summed E-state index contributed by atoms with van der Waals surface area (Å²) in [6, 6.07) is 13.2. The predicted octanol–water partition coefficient (Wildman–Crippen LogP) is 3.11. The van der Waals surface area contributed by atoms with Crippen molar-refractivity contribution in [1.82, 2.24) is 25.1 Å². The molecule has 0 atom stereocenters. The third kappa shape index (κ3) is 5.01. The average molecular weight is 383 g/mol. The molecule has 2 N–H and O–H groups in total. The van der Waals surface area contributed by atoms with Gasteiger partial charge in [-0.2, -0.15) is 5.10 Å². The lowest BCUT2D eigenvalue weighted by atomic mass is 10.2. The molecule has 3 aromatic rings. The Bertz CT molecular complexity index is 935. The van der Waals surface area contributed by atoms with E-state index in [1.165, 1.54) is 0 Å². The highest BCUT2D eigenvalue weighted by molar-refractivity contribution is 7.71. The van der Waals surface area contributed by atoms with Crippen LogP contribution in [-0.4, -0.2) is 32.3 Å². The summed E-state index contributed by atoms with van der Waals surface area (Å²) in [5.74, 6) is 1.43. The Kier molecular flexibility index (Phi) is 6.32. The highest BCUT2D eigenvalue weighted by Crippen LogP contribution is 2.21. The maximum Gasteiger partial charge on any atom is 0.222 e. The molecule has 1 amide bonds. The Labute approximate surface area is 162 Å². The quantitative estimate of drug-likeness (QED) is 0.584. The molecule has 27 heavy (non-hydrogen) atoms. The number of pyridine rings is 1. The summed E-state index contributed by atoms with van der Waals surface area (Å²) in [6.07, 6.45) is 2.00. The van der Waals surface area contributed by atoms with E-state index in [4.69, 9.17) is 17.0 Å². The highest BCUT2D eigenvalue weighted by atomic mass is 32.1. The highest BCUT2D eigenvalue weighted by Gasteiger charge is 2.11. The van der Waals surface area contributed by atoms with Crippen molar-refractivity contribution in [1.29, 1.82) is 0 Å². The first kappa shape index (κ1) is 18.8. The minimum atomic E-state index is -0.0682. The van der Waals surface area contributed by atoms with Gasteiger partial charge in [0.15, 0.2) is 10.6 Å². The van der Waals surface area contributed by atoms with Crippen LogP contribution in [0.1, 0.15) is 19.0 Å². The first-order chi connectivity index (χ1) is 13.2. The molecule has 0 spiro atoms. The molecule has 0 unspecified atom stereocenters. The van der Waals surface area contributed by atoms with Gasteiger partial charge in [-0.05, 0) is 55.5 Å². The number of nitrogens with zero attached hydrogens (tertiary/aromatic N) is 3. The van der Waals surface area contributed by atoms with Crippen LogP contribution >= 0.6 is 12.2 Å². The first-order valence-corrected chi connectivity index (χ1v) is 9.13. The molecule has 0 saturated carbocycles. The standard InChI is InChI=1S/C19H21N5O2S/c1-2-26-16-8-6-14(7-9-16)18-22-23-19(27)24(18)12-10-17(25)21-13-15-5-3-4-11-20-15/h3-9,11H,2,10,12-13H2,1H3,(H,21,25)(H,23,27). The van der Waals surface area contributed by atoms with Crippen LogP contribution in [-0.2, 0) is 17.9 Å². The van der Waals surface area contributed by atoms with Crippen molar-refractivity contribution in [2.24, 2.45) is 0 Å². The molecule has 0 aliphatic heterocycles. The van der Waals surface area contributed by atoms with Gasteiger partial charge in [-0.25, -0.2) is 0 Å². The van der Waals surface area contributed by atoms with Crippen LogP contribution in [0.3, 0.4) is 0 Å². The van der Waals surface area contributed by atoms with E-state index in [-0.39, 0.29) is 5.91 Å². The first-order valence-electron chi connectivity index (χ1n) is 8.72. The van der Waals surface area contributed by atoms with Gasteiger partial charge in [-0.1, -0.05) is 6.07 Å². The van der Waals surface area contributed by atoms with Crippen molar-refractivity contribution in [3.63, 3.8) is 0 Å². The van der Waals surface area contributed by atoms with Crippen molar-refractivity contribution in [3.05, 3.63) is 59.1 Å². The van der Waals surface area contributed by atoms with Crippen LogP contribution in [0, 0.1) is 4.77 Å². The van der Waals surface area contributed by atoms with Gasteiger partial charge in [0.2, 0.25) is 5.91 Å². The van der Waals surface area contributed by atoms with Crippen LogP contribution in [0.15, 0.2) is 48.7 Å². The zero-order valence-electron chi connectivity index (χ0n) is 15.0. The Morgan fingerprint density at radius 2 is 2.07 bits per heavy atom. The van der Waals surface area contributed by atoms with Crippen LogP contribution in [0.2, 0.25) is 0 Å². The molecule has 2 aromatic heterocycles. The number of nitrogens with one attached hydrogen (secondary N) is 2. The molecule has 0 radical (unpaired) electrons. The normalized spacial score (nSPS) is 10.6. The zero-order chi connectivity index (χ0) is 19.1. The number of H-pyrrole nitrogens is 1. The zero-order valence-corrected chi connectivity index (χ0v) is 15.8. The molecule has 0 bridgehead atoms. The van der Waals surface area contributed by atoms with E-state index in [1.54, 1.807) is 6.20 Å². The smallest absolute Gasteiger partial charge is 0.222 e. The summed E-state index contributed by atoms with van der Waals surface area (Å²) in [4.78, 5) is 16.3. The second-order valence-electron chi connectivity index (χ2n) is 5.81. The maximum atomic E-state index is 12.2. The molecule has 0 aliphatic rings. The Morgan fingerprint density at radius 3 is 2.78 bits per heavy atom. The van der Waals surface area contributed by atoms with Gasteiger partial charge in [0.05, 0.1) is 18.8 Å². The third-order valence-corrected chi connectivity index (χ3v) is 4.25. The van der Waals surface area contributed by atoms with E-state index in [9.17, 15) is 4.79 Å². The lowest BCUT2D eigenvalue weighted by molar-refractivity contribution is -0.121. The molecule has 8 heteroatoms. The van der Waals surface area contributed by atoms with E-state index in [0.29, 0.717) is 36.7 Å². The average Bonchev–Trinajstić information content (AvgIpc) is 3.07. The molecule has 0 saturated heterocycles. The SMILES string of the molecule is CCOc1ccc(-c2n[nH]c(=S)n2CCC(=O)NCc2ccccn2)cc1. The summed E-state index contributed by atoms with van der Waals surface area (Å²) >= 11 is 5.31. The van der Waals surface area contributed by atoms with Crippen molar-refractivity contribution in [2.45, 2.75) is 26.4 Å². The number of carbonyl (C=O) groups excluding carboxylic acids is 1. The van der Waals surface area contributed by atoms with Crippen LogP contribution < -0.4 is 10.1 Å². The molecular formula is C19H21N5O2S. The number of aromatic amines is 1. The van der Waals surface area contributed by atoms with Crippen molar-refractivity contribution in [3.8, 4) is 17.1 Å². The number of hydrogen-bond acceptors (Lipinski definition) is 5. The third-order valence-electron chi connectivity index (χ3n) is 3.94. The fourth-order valence-corrected chi connectivity index (χ4v) is 2.83. The number of ether oxygens (including phenoxy) is 1. The Morgan fingerprint density at radius 1 is 1.26 bits per heavy atom. The molecule has 0 fully saturated rings. The summed E-state index contributed by atoms with van der Waals surface area (Å²) in [6.45, 7) is 3.40. The van der Waals surface area contributed by atoms with Gasteiger partial charge in [-0.15, -0.1) is 0 Å². The van der Waals surface area contributed by atoms with Crippen molar-refractivity contribution >= 4 is 18.1 Å². The van der Waals surface area contributed by atoms with Gasteiger partial charge >= 0.3 is 0 Å². The Balaban J connectivity index is 1.62. The maximum absolute atomic E-state index is 12.2. The second kappa shape index (κ2) is 9.09. The molecular weight excluding hydrogens is 362 g/mol. The van der Waals surface area contributed by atoms with Crippen molar-refractivity contribution in [2.75, 3.05) is 6.61 Å². The van der Waals surface area contributed by atoms with E-state index >= 15 is 0 Å². The summed E-state index contributed by atoms with van der Waals surface area (Å²) in [7, 11) is 0. The monoisotopic (exact) mass is 383 g/mol. The van der Waals surface area contributed by atoms with Gasteiger partial charge < -0.3 is 10.1 Å². The molecule has 2 heterocycles. The van der Waals surface area contributed by atoms with E-state index in [0.717, 1.165) is 17.0 Å². The molecule has 0 aliphatic carbocycles. The van der Waals surface area contributed by atoms with E-state index in [1.807, 2.05) is 54.0 Å². The lowest BCUT2D eigenvalue weighted by Gasteiger charge is -2.09. The fraction of sp³-hybridized carbons (Fsp3) is 0.263. The van der Waals surface area contributed by atoms with Gasteiger partial charge in [0.1, 0.15) is 5.75 Å². The van der Waals surface area contributed by atoms with Crippen LogP contribution in [0.25, 0.3) is 11.4 Å². The van der Waals surface area contributed by atoms with Crippen LogP contribution in [0.5, 0.6) is 5.75 Å². The topological polar surface area (TPSA) is 84.8 Å². The van der Waals surface area contributed by atoms with E-state index in [2.05, 4.69) is 20.5 Å². The summed E-state index contributed by atoms with van der Waals surface area (Å²) in [5, 5.41) is 9.96. The van der Waals surface area contributed by atoms with Crippen molar-refractivity contribution < 1.29 is 9.53 Å². The van der Waals surface area contributed by atoms with Gasteiger partial charge in [-0.3, -0.25) is 19.4 Å². The summed E-state index contributed by atoms with van der Waals surface area (Å²) < 4.78 is 7.77. The number of aromatic nitrogens is 4. The minimum Gasteiger partial charge on any atom is -0.494 e. The molecule has 7 nitrogen and oxygen atoms in total. The fourth-order valence-electron chi connectivity index (χ4n) is 2.61. The summed E-state index contributed by atoms with van der Waals surface area (Å²) in [5.41, 5.74) is 1.72. The number of hydrogen-bond donors (Lipinski definition) is 2. The second-order valence-corrected chi connectivity index (χ2v) is 6.20. The molecule has 3 rings (SSSR count). The lowest BCUT2D eigenvalue weighted by Crippen LogP contribution is -2.24. The van der Waals surface area contributed by atoms with Gasteiger partial charge in [0, 0.05) is 24.7 Å². The minimum absolute atomic E-state index is 0.0682. The number of carbonyl (C=O) groups is 1. The van der Waals surface area contributed by atoms with Gasteiger partial charge in [0.25, 0.3) is 0 Å². The number of benzene rings is 1. The number of rotatable bonds is 8. The number of amides is 1. The largest absolute Gasteiger partial charge is 0.494 e.